The Kier molecular flexibility index (Phi) is 4.98. The van der Waals surface area contributed by atoms with Crippen LogP contribution < -0.4 is 10.2 Å². The van der Waals surface area contributed by atoms with Crippen LogP contribution >= 0.6 is 0 Å². The van der Waals surface area contributed by atoms with E-state index in [9.17, 15) is 4.39 Å². The molecular formula is C19H28FNO2Si. The molecule has 0 aromatic heterocycles. The molecule has 1 atom stereocenters. The number of methoxy groups -OCH3 is 1. The predicted molar refractivity (Wildman–Crippen MR) is 99.0 cm³/mol. The molecular weight excluding hydrogens is 321 g/mol. The first-order chi connectivity index (χ1) is 11.0. The van der Waals surface area contributed by atoms with Crippen LogP contribution in [0.2, 0.25) is 18.1 Å². The molecule has 2 N–H and O–H groups in total. The Labute approximate surface area is 145 Å². The summed E-state index contributed by atoms with van der Waals surface area (Å²) in [7, 11) is -0.421. The fourth-order valence-electron chi connectivity index (χ4n) is 2.38. The molecule has 0 amide bonds. The highest BCUT2D eigenvalue weighted by molar-refractivity contribution is 6.74. The molecule has 0 saturated carbocycles. The molecule has 1 aromatic carbocycles. The van der Waals surface area contributed by atoms with E-state index in [1.54, 1.807) is 12.2 Å². The zero-order valence-electron chi connectivity index (χ0n) is 15.4. The first-order valence-corrected chi connectivity index (χ1v) is 11.1. The van der Waals surface area contributed by atoms with Crippen LogP contribution in [0.4, 0.5) is 4.39 Å². The van der Waals surface area contributed by atoms with Gasteiger partial charge >= 0.3 is 0 Å². The van der Waals surface area contributed by atoms with Crippen LogP contribution in [0.15, 0.2) is 48.0 Å². The van der Waals surface area contributed by atoms with Gasteiger partial charge in [0.05, 0.1) is 12.6 Å². The Morgan fingerprint density at radius 1 is 1.17 bits per heavy atom. The molecule has 0 heterocycles. The number of halogens is 1. The van der Waals surface area contributed by atoms with Crippen LogP contribution in [0.5, 0.6) is 5.75 Å². The largest absolute Gasteiger partial charge is 0.544 e. The third kappa shape index (κ3) is 3.73. The van der Waals surface area contributed by atoms with Crippen molar-refractivity contribution in [3.63, 3.8) is 0 Å². The average Bonchev–Trinajstić information content (AvgIpc) is 2.46. The van der Waals surface area contributed by atoms with Crippen LogP contribution in [-0.2, 0) is 10.3 Å². The van der Waals surface area contributed by atoms with E-state index in [4.69, 9.17) is 14.9 Å². The summed E-state index contributed by atoms with van der Waals surface area (Å²) >= 11 is 0. The third-order valence-electron chi connectivity index (χ3n) is 5.04. The standard InChI is InChI=1S/C19H28FNO2Si/c1-18(2,3)24(5,6)23-15-9-7-14(8-10-15)19(21)12-11-17(22-4)16(20)13-19/h7-12H,13,21H2,1-6H3. The fourth-order valence-corrected chi connectivity index (χ4v) is 3.41. The zero-order chi connectivity index (χ0) is 18.2. The molecule has 2 rings (SSSR count). The number of rotatable bonds is 4. The molecule has 0 bridgehead atoms. The van der Waals surface area contributed by atoms with E-state index in [2.05, 4.69) is 33.9 Å². The van der Waals surface area contributed by atoms with E-state index in [1.165, 1.54) is 7.11 Å². The molecule has 24 heavy (non-hydrogen) atoms. The van der Waals surface area contributed by atoms with Crippen LogP contribution in [0.3, 0.4) is 0 Å². The van der Waals surface area contributed by atoms with E-state index < -0.39 is 13.9 Å². The molecule has 0 aliphatic heterocycles. The number of benzene rings is 1. The quantitative estimate of drug-likeness (QED) is 0.777. The Morgan fingerprint density at radius 3 is 2.21 bits per heavy atom. The van der Waals surface area contributed by atoms with Crippen molar-refractivity contribution in [3.05, 3.63) is 53.6 Å². The molecule has 5 heteroatoms. The van der Waals surface area contributed by atoms with E-state index >= 15 is 0 Å². The Morgan fingerprint density at radius 2 is 1.75 bits per heavy atom. The summed E-state index contributed by atoms with van der Waals surface area (Å²) in [6, 6.07) is 7.67. The minimum absolute atomic E-state index is 0.0924. The minimum Gasteiger partial charge on any atom is -0.544 e. The van der Waals surface area contributed by atoms with Gasteiger partial charge in [-0.1, -0.05) is 39.0 Å². The number of ether oxygens (including phenoxy) is 1. The molecule has 0 spiro atoms. The summed E-state index contributed by atoms with van der Waals surface area (Å²) in [4.78, 5) is 0. The summed E-state index contributed by atoms with van der Waals surface area (Å²) in [5.41, 5.74) is 6.38. The van der Waals surface area contributed by atoms with Crippen LogP contribution in [0.25, 0.3) is 0 Å². The first-order valence-electron chi connectivity index (χ1n) is 8.19. The highest BCUT2D eigenvalue weighted by atomic mass is 28.4. The van der Waals surface area contributed by atoms with Gasteiger partial charge in [0, 0.05) is 6.42 Å². The van der Waals surface area contributed by atoms with Gasteiger partial charge in [0.1, 0.15) is 17.3 Å². The van der Waals surface area contributed by atoms with Crippen molar-refractivity contribution in [2.45, 2.75) is 50.9 Å². The van der Waals surface area contributed by atoms with Crippen molar-refractivity contribution in [2.24, 2.45) is 5.73 Å². The zero-order valence-corrected chi connectivity index (χ0v) is 16.4. The van der Waals surface area contributed by atoms with E-state index in [0.717, 1.165) is 11.3 Å². The minimum atomic E-state index is -1.88. The predicted octanol–water partition coefficient (Wildman–Crippen LogP) is 5.01. The van der Waals surface area contributed by atoms with Crippen molar-refractivity contribution in [2.75, 3.05) is 7.11 Å². The average molecular weight is 350 g/mol. The number of nitrogens with two attached hydrogens (primary N) is 1. The van der Waals surface area contributed by atoms with Crippen molar-refractivity contribution >= 4 is 8.32 Å². The van der Waals surface area contributed by atoms with E-state index in [1.807, 2.05) is 24.3 Å². The van der Waals surface area contributed by atoms with Gasteiger partial charge in [0.2, 0.25) is 8.32 Å². The maximum absolute atomic E-state index is 14.1. The second-order valence-corrected chi connectivity index (χ2v) is 12.6. The monoisotopic (exact) mass is 349 g/mol. The molecule has 0 fully saturated rings. The molecule has 132 valence electrons. The maximum Gasteiger partial charge on any atom is 0.250 e. The van der Waals surface area contributed by atoms with Crippen molar-refractivity contribution in [1.82, 2.24) is 0 Å². The molecule has 3 nitrogen and oxygen atoms in total. The van der Waals surface area contributed by atoms with Gasteiger partial charge in [0.15, 0.2) is 0 Å². The lowest BCUT2D eigenvalue weighted by Crippen LogP contribution is -2.43. The van der Waals surface area contributed by atoms with Crippen LogP contribution in [-0.4, -0.2) is 15.4 Å². The highest BCUT2D eigenvalue weighted by Gasteiger charge is 2.39. The SMILES string of the molecule is COC1=C(F)CC(N)(c2ccc(O[Si](C)(C)C(C)(C)C)cc2)C=C1. The van der Waals surface area contributed by atoms with Gasteiger partial charge in [-0.2, -0.15) is 0 Å². The van der Waals surface area contributed by atoms with Crippen molar-refractivity contribution < 1.29 is 13.6 Å². The second kappa shape index (κ2) is 6.37. The lowest BCUT2D eigenvalue weighted by Gasteiger charge is -2.36. The fraction of sp³-hybridized carbons (Fsp3) is 0.474. The normalized spacial score (nSPS) is 21.8. The molecule has 1 aliphatic rings. The number of allylic oxidation sites excluding steroid dienone is 1. The summed E-state index contributed by atoms with van der Waals surface area (Å²) in [5, 5.41) is 0.136. The molecule has 0 saturated heterocycles. The van der Waals surface area contributed by atoms with Gasteiger partial charge in [-0.3, -0.25) is 0 Å². The summed E-state index contributed by atoms with van der Waals surface area (Å²) in [5.74, 6) is 0.750. The molecule has 1 unspecified atom stereocenters. The van der Waals surface area contributed by atoms with E-state index in [0.29, 0.717) is 0 Å². The maximum atomic E-state index is 14.1. The first kappa shape index (κ1) is 18.7. The Balaban J connectivity index is 2.19. The molecule has 1 aliphatic carbocycles. The summed E-state index contributed by atoms with van der Waals surface area (Å²) in [6.07, 6.45) is 3.48. The Hall–Kier alpha value is -1.59. The number of hydrogen-bond acceptors (Lipinski definition) is 3. The lowest BCUT2D eigenvalue weighted by atomic mass is 9.84. The van der Waals surface area contributed by atoms with Crippen LogP contribution in [0, 0.1) is 0 Å². The Bertz CT molecular complexity index is 659. The van der Waals surface area contributed by atoms with Crippen LogP contribution in [0.1, 0.15) is 32.8 Å². The lowest BCUT2D eigenvalue weighted by molar-refractivity contribution is 0.276. The third-order valence-corrected chi connectivity index (χ3v) is 9.40. The van der Waals surface area contributed by atoms with Gasteiger partial charge in [-0.15, -0.1) is 0 Å². The topological polar surface area (TPSA) is 44.5 Å². The number of hydrogen-bond donors (Lipinski definition) is 1. The van der Waals surface area contributed by atoms with Gasteiger partial charge < -0.3 is 14.9 Å². The van der Waals surface area contributed by atoms with E-state index in [-0.39, 0.29) is 23.0 Å². The van der Waals surface area contributed by atoms with Gasteiger partial charge in [0.25, 0.3) is 0 Å². The smallest absolute Gasteiger partial charge is 0.250 e. The van der Waals surface area contributed by atoms with Gasteiger partial charge in [-0.05, 0) is 41.9 Å². The van der Waals surface area contributed by atoms with Crippen molar-refractivity contribution in [1.29, 1.82) is 0 Å². The highest BCUT2D eigenvalue weighted by Crippen LogP contribution is 2.38. The van der Waals surface area contributed by atoms with Gasteiger partial charge in [-0.25, -0.2) is 4.39 Å². The second-order valence-electron chi connectivity index (χ2n) is 7.91. The summed E-state index contributed by atoms with van der Waals surface area (Å²) in [6.45, 7) is 11.0. The molecule has 1 aromatic rings. The summed E-state index contributed by atoms with van der Waals surface area (Å²) < 4.78 is 25.3. The van der Waals surface area contributed by atoms with Crippen molar-refractivity contribution in [3.8, 4) is 5.75 Å². The molecule has 0 radical (unpaired) electrons.